The van der Waals surface area contributed by atoms with Gasteiger partial charge in [0.2, 0.25) is 0 Å². The summed E-state index contributed by atoms with van der Waals surface area (Å²) in [4.78, 5) is 27.3. The maximum absolute atomic E-state index is 12.8. The van der Waals surface area contributed by atoms with Crippen LogP contribution in [-0.4, -0.2) is 48.2 Å². The summed E-state index contributed by atoms with van der Waals surface area (Å²) in [7, 11) is 2.46. The van der Waals surface area contributed by atoms with Gasteiger partial charge in [-0.15, -0.1) is 0 Å². The zero-order chi connectivity index (χ0) is 20.5. The number of fused-ring (bicyclic) bond motifs is 1. The number of hydrogen-bond donors (Lipinski definition) is 1. The Morgan fingerprint density at radius 2 is 1.70 bits per heavy atom. The fourth-order valence-electron chi connectivity index (χ4n) is 3.74. The molecule has 0 aromatic heterocycles. The Morgan fingerprint density at radius 3 is 2.19 bits per heavy atom. The summed E-state index contributed by atoms with van der Waals surface area (Å²) in [5.41, 5.74) is 1.56. The average Bonchev–Trinajstić information content (AvgIpc) is 2.61. The van der Waals surface area contributed by atoms with Gasteiger partial charge in [-0.05, 0) is 39.3 Å². The van der Waals surface area contributed by atoms with E-state index in [4.69, 9.17) is 21.1 Å². The maximum Gasteiger partial charge on any atom is 0.336 e. The molecule has 0 saturated heterocycles. The molecule has 27 heavy (non-hydrogen) atoms. The Kier molecular flexibility index (Phi) is 6.54. The summed E-state index contributed by atoms with van der Waals surface area (Å²) in [5.74, 6) is -2.61. The maximum atomic E-state index is 12.8. The zero-order valence-electron chi connectivity index (χ0n) is 16.4. The van der Waals surface area contributed by atoms with E-state index in [0.717, 1.165) is 0 Å². The van der Waals surface area contributed by atoms with Crippen LogP contribution in [0.3, 0.4) is 0 Å². The minimum atomic E-state index is -1.27. The van der Waals surface area contributed by atoms with E-state index >= 15 is 0 Å². The van der Waals surface area contributed by atoms with Gasteiger partial charge in [0.05, 0.1) is 36.6 Å². The topological polar surface area (TPSA) is 76.1 Å². The second kappa shape index (κ2) is 8.31. The van der Waals surface area contributed by atoms with Crippen LogP contribution in [0.2, 0.25) is 5.02 Å². The first kappa shape index (κ1) is 21.3. The van der Waals surface area contributed by atoms with Crippen LogP contribution < -0.4 is 0 Å². The van der Waals surface area contributed by atoms with Crippen molar-refractivity contribution in [3.63, 3.8) is 0 Å². The smallest absolute Gasteiger partial charge is 0.336 e. The third-order valence-corrected chi connectivity index (χ3v) is 5.03. The minimum absolute atomic E-state index is 0.00248. The lowest BCUT2D eigenvalue weighted by molar-refractivity contribution is -0.151. The Bertz CT molecular complexity index is 764. The van der Waals surface area contributed by atoms with Crippen LogP contribution >= 0.6 is 11.6 Å². The quantitative estimate of drug-likeness (QED) is 0.771. The van der Waals surface area contributed by atoms with Crippen LogP contribution in [0.5, 0.6) is 0 Å². The molecule has 1 aliphatic rings. The second-order valence-corrected chi connectivity index (χ2v) is 7.41. The number of ether oxygens (including phenoxy) is 2. The van der Waals surface area contributed by atoms with E-state index in [0.29, 0.717) is 21.8 Å². The normalized spacial score (nSPS) is 19.2. The zero-order valence-corrected chi connectivity index (χ0v) is 17.2. The molecule has 0 aliphatic heterocycles. The van der Waals surface area contributed by atoms with Crippen molar-refractivity contribution in [2.75, 3.05) is 14.2 Å². The van der Waals surface area contributed by atoms with Gasteiger partial charge in [0, 0.05) is 17.6 Å². The largest absolute Gasteiger partial charge is 0.468 e. The predicted molar refractivity (Wildman–Crippen MR) is 103 cm³/mol. The first-order chi connectivity index (χ1) is 12.7. The molecular formula is C20H26ClNO5. The number of nitrogens with zero attached hydrogens (tertiary/aromatic N) is 1. The molecule has 0 heterocycles. The number of methoxy groups -OCH3 is 2. The molecule has 0 radical (unpaired) electrons. The summed E-state index contributed by atoms with van der Waals surface area (Å²) in [6, 6.07) is 5.09. The highest BCUT2D eigenvalue weighted by Gasteiger charge is 2.46. The molecule has 6 nitrogen and oxygen atoms in total. The summed E-state index contributed by atoms with van der Waals surface area (Å²) in [5, 5.41) is 11.3. The van der Waals surface area contributed by atoms with E-state index in [1.54, 1.807) is 18.2 Å². The fraction of sp³-hybridized carbons (Fsp3) is 0.500. The molecule has 0 bridgehead atoms. The third-order valence-electron chi connectivity index (χ3n) is 4.71. The predicted octanol–water partition coefficient (Wildman–Crippen LogP) is 3.18. The lowest BCUT2D eigenvalue weighted by Gasteiger charge is -2.41. The van der Waals surface area contributed by atoms with Crippen molar-refractivity contribution in [1.82, 2.24) is 4.90 Å². The SMILES string of the molecule is COC(=O)C1=C(N(C(C)C)C(C)C)c2c(Cl)cccc2[C@H](O)[C@H]1C(=O)OC. The summed E-state index contributed by atoms with van der Waals surface area (Å²) in [6.07, 6.45) is -1.27. The van der Waals surface area contributed by atoms with Gasteiger partial charge in [0.1, 0.15) is 5.92 Å². The Morgan fingerprint density at radius 1 is 1.11 bits per heavy atom. The molecule has 1 aliphatic carbocycles. The van der Waals surface area contributed by atoms with Crippen LogP contribution in [0.1, 0.15) is 44.9 Å². The first-order valence-corrected chi connectivity index (χ1v) is 9.20. The molecule has 2 atom stereocenters. The van der Waals surface area contributed by atoms with E-state index in [9.17, 15) is 14.7 Å². The van der Waals surface area contributed by atoms with Crippen molar-refractivity contribution in [3.8, 4) is 0 Å². The van der Waals surface area contributed by atoms with E-state index in [-0.39, 0.29) is 17.7 Å². The van der Waals surface area contributed by atoms with E-state index in [2.05, 4.69) is 0 Å². The van der Waals surface area contributed by atoms with Gasteiger partial charge in [-0.1, -0.05) is 23.7 Å². The van der Waals surface area contributed by atoms with E-state index in [1.807, 2.05) is 32.6 Å². The molecule has 2 rings (SSSR count). The number of aliphatic hydroxyl groups excluding tert-OH is 1. The van der Waals surface area contributed by atoms with Gasteiger partial charge in [-0.25, -0.2) is 4.79 Å². The molecule has 1 N–H and O–H groups in total. The number of benzene rings is 1. The van der Waals surface area contributed by atoms with Gasteiger partial charge in [-0.2, -0.15) is 0 Å². The number of esters is 2. The molecule has 1 aromatic rings. The molecule has 0 amide bonds. The van der Waals surface area contributed by atoms with Crippen LogP contribution in [0.25, 0.3) is 5.70 Å². The molecule has 0 spiro atoms. The van der Waals surface area contributed by atoms with Crippen LogP contribution in [0.15, 0.2) is 23.8 Å². The highest BCUT2D eigenvalue weighted by molar-refractivity contribution is 6.32. The number of aliphatic hydroxyl groups is 1. The van der Waals surface area contributed by atoms with Gasteiger partial charge in [0.15, 0.2) is 0 Å². The average molecular weight is 396 g/mol. The molecule has 0 unspecified atom stereocenters. The number of carbonyl (C=O) groups excluding carboxylic acids is 2. The van der Waals surface area contributed by atoms with Gasteiger partial charge >= 0.3 is 11.9 Å². The van der Waals surface area contributed by atoms with Gasteiger partial charge < -0.3 is 19.5 Å². The number of rotatable bonds is 5. The Hall–Kier alpha value is -2.05. The van der Waals surface area contributed by atoms with Crippen molar-refractivity contribution >= 4 is 29.2 Å². The summed E-state index contributed by atoms with van der Waals surface area (Å²) in [6.45, 7) is 7.93. The molecule has 0 saturated carbocycles. The minimum Gasteiger partial charge on any atom is -0.468 e. The Balaban J connectivity index is 2.98. The monoisotopic (exact) mass is 395 g/mol. The number of halogens is 1. The number of hydrogen-bond acceptors (Lipinski definition) is 6. The van der Waals surface area contributed by atoms with E-state index in [1.165, 1.54) is 14.2 Å². The van der Waals surface area contributed by atoms with Gasteiger partial charge in [-0.3, -0.25) is 4.79 Å². The molecule has 7 heteroatoms. The number of carbonyl (C=O) groups is 2. The molecule has 148 valence electrons. The van der Waals surface area contributed by atoms with Crippen molar-refractivity contribution in [2.24, 2.45) is 5.92 Å². The van der Waals surface area contributed by atoms with Crippen molar-refractivity contribution in [3.05, 3.63) is 39.9 Å². The fourth-order valence-corrected chi connectivity index (χ4v) is 4.02. The standard InChI is InChI=1S/C20H26ClNO5/c1-10(2)22(11(3)4)17-14-12(8-7-9-13(14)21)18(23)16(20(25)27-6)15(17)19(24)26-5/h7-11,16,18,23H,1-6H3/t16-,18-/m0/s1. The molecule has 1 aromatic carbocycles. The highest BCUT2D eigenvalue weighted by atomic mass is 35.5. The van der Waals surface area contributed by atoms with Crippen molar-refractivity contribution < 1.29 is 24.2 Å². The molecular weight excluding hydrogens is 370 g/mol. The molecule has 0 fully saturated rings. The summed E-state index contributed by atoms with van der Waals surface area (Å²) < 4.78 is 9.86. The highest BCUT2D eigenvalue weighted by Crippen LogP contribution is 2.47. The van der Waals surface area contributed by atoms with Crippen molar-refractivity contribution in [1.29, 1.82) is 0 Å². The van der Waals surface area contributed by atoms with Crippen LogP contribution in [0.4, 0.5) is 0 Å². The lowest BCUT2D eigenvalue weighted by atomic mass is 9.78. The van der Waals surface area contributed by atoms with Crippen LogP contribution in [-0.2, 0) is 19.1 Å². The van der Waals surface area contributed by atoms with Crippen molar-refractivity contribution in [2.45, 2.75) is 45.9 Å². The third kappa shape index (κ3) is 3.69. The first-order valence-electron chi connectivity index (χ1n) is 8.82. The van der Waals surface area contributed by atoms with E-state index < -0.39 is 24.0 Å². The lowest BCUT2D eigenvalue weighted by Crippen LogP contribution is -2.42. The Labute approximate surface area is 164 Å². The summed E-state index contributed by atoms with van der Waals surface area (Å²) >= 11 is 6.49. The van der Waals surface area contributed by atoms with Gasteiger partial charge in [0.25, 0.3) is 0 Å². The second-order valence-electron chi connectivity index (χ2n) is 7.00. The van der Waals surface area contributed by atoms with Crippen LogP contribution in [0, 0.1) is 5.92 Å².